The van der Waals surface area contributed by atoms with Gasteiger partial charge in [0.1, 0.15) is 0 Å². The van der Waals surface area contributed by atoms with Crippen LogP contribution in [-0.4, -0.2) is 41.9 Å². The highest BCUT2D eigenvalue weighted by Gasteiger charge is 2.30. The molecule has 2 amide bonds. The summed E-state index contributed by atoms with van der Waals surface area (Å²) < 4.78 is 0. The van der Waals surface area contributed by atoms with Crippen molar-refractivity contribution in [2.24, 2.45) is 0 Å². The van der Waals surface area contributed by atoms with Gasteiger partial charge in [-0.25, -0.2) is 0 Å². The summed E-state index contributed by atoms with van der Waals surface area (Å²) in [4.78, 5) is 28.5. The van der Waals surface area contributed by atoms with E-state index in [1.54, 1.807) is 24.3 Å². The normalized spacial score (nSPS) is 20.7. The highest BCUT2D eigenvalue weighted by molar-refractivity contribution is 6.33. The van der Waals surface area contributed by atoms with E-state index in [2.05, 4.69) is 15.5 Å². The van der Waals surface area contributed by atoms with Crippen LogP contribution in [0.2, 0.25) is 5.02 Å². The molecule has 1 aliphatic carbocycles. The maximum Gasteiger partial charge on any atom is 0.253 e. The molecule has 2 aromatic carbocycles. The topological polar surface area (TPSA) is 61.4 Å². The van der Waals surface area contributed by atoms with Gasteiger partial charge in [0.15, 0.2) is 0 Å². The monoisotopic (exact) mass is 467 g/mol. The third-order valence-corrected chi connectivity index (χ3v) is 7.27. The first-order valence-corrected chi connectivity index (χ1v) is 12.6. The zero-order chi connectivity index (χ0) is 23.0. The third kappa shape index (κ3) is 6.58. The van der Waals surface area contributed by atoms with Crippen molar-refractivity contribution in [1.29, 1.82) is 0 Å². The summed E-state index contributed by atoms with van der Waals surface area (Å²) in [5.41, 5.74) is 1.31. The lowest BCUT2D eigenvalue weighted by Crippen LogP contribution is -2.41. The highest BCUT2D eigenvalue weighted by atomic mass is 35.5. The first-order chi connectivity index (χ1) is 16.1. The van der Waals surface area contributed by atoms with Crippen molar-refractivity contribution < 1.29 is 9.59 Å². The molecule has 2 aromatic rings. The van der Waals surface area contributed by atoms with Gasteiger partial charge < -0.3 is 10.6 Å². The Balaban J connectivity index is 1.36. The zero-order valence-corrected chi connectivity index (χ0v) is 19.9. The smallest absolute Gasteiger partial charge is 0.253 e. The van der Waals surface area contributed by atoms with E-state index in [1.807, 2.05) is 30.3 Å². The summed E-state index contributed by atoms with van der Waals surface area (Å²) in [6, 6.07) is 17.0. The van der Waals surface area contributed by atoms with Gasteiger partial charge in [0.25, 0.3) is 5.91 Å². The van der Waals surface area contributed by atoms with E-state index < -0.39 is 6.04 Å². The van der Waals surface area contributed by atoms with E-state index in [0.29, 0.717) is 16.6 Å². The summed E-state index contributed by atoms with van der Waals surface area (Å²) in [6.45, 7) is 1.99. The van der Waals surface area contributed by atoms with Crippen LogP contribution in [0.3, 0.4) is 0 Å². The minimum atomic E-state index is -0.422. The molecule has 0 aromatic heterocycles. The second kappa shape index (κ2) is 11.7. The lowest BCUT2D eigenvalue weighted by Gasteiger charge is -2.27. The van der Waals surface area contributed by atoms with E-state index >= 15 is 0 Å². The zero-order valence-electron chi connectivity index (χ0n) is 19.1. The lowest BCUT2D eigenvalue weighted by molar-refractivity contribution is -0.122. The van der Waals surface area contributed by atoms with Crippen molar-refractivity contribution in [2.45, 2.75) is 69.5 Å². The minimum absolute atomic E-state index is 0.0315. The molecule has 1 aliphatic heterocycles. The number of carbonyl (C=O) groups excluding carboxylic acids is 2. The van der Waals surface area contributed by atoms with Gasteiger partial charge in [0, 0.05) is 25.2 Å². The number of likely N-dealkylation sites (tertiary alicyclic amines) is 1. The Morgan fingerprint density at radius 1 is 0.939 bits per heavy atom. The SMILES string of the molecule is O=C(C[C@H](NC(=O)c1ccccc1Cl)c1ccccc1)N[C@H]1CCN(C2CCCCCC2)C1. The van der Waals surface area contributed by atoms with Gasteiger partial charge >= 0.3 is 0 Å². The molecule has 0 spiro atoms. The Morgan fingerprint density at radius 3 is 2.36 bits per heavy atom. The van der Waals surface area contributed by atoms with Crippen molar-refractivity contribution in [2.75, 3.05) is 13.1 Å². The van der Waals surface area contributed by atoms with Gasteiger partial charge in [-0.05, 0) is 37.0 Å². The number of carbonyl (C=O) groups is 2. The summed E-state index contributed by atoms with van der Waals surface area (Å²) in [6.07, 6.45) is 9.10. The van der Waals surface area contributed by atoms with Gasteiger partial charge in [-0.1, -0.05) is 79.7 Å². The average molecular weight is 468 g/mol. The van der Waals surface area contributed by atoms with Crippen molar-refractivity contribution in [3.63, 3.8) is 0 Å². The largest absolute Gasteiger partial charge is 0.352 e. The molecule has 0 unspecified atom stereocenters. The Bertz CT molecular complexity index is 928. The number of nitrogens with one attached hydrogen (secondary N) is 2. The van der Waals surface area contributed by atoms with E-state index in [9.17, 15) is 9.59 Å². The number of hydrogen-bond acceptors (Lipinski definition) is 3. The average Bonchev–Trinajstić information content (AvgIpc) is 3.11. The summed E-state index contributed by atoms with van der Waals surface area (Å²) in [5.74, 6) is -0.307. The molecule has 5 nitrogen and oxygen atoms in total. The van der Waals surface area contributed by atoms with E-state index in [0.717, 1.165) is 25.1 Å². The summed E-state index contributed by atoms with van der Waals surface area (Å²) in [5, 5.41) is 6.65. The Hall–Kier alpha value is -2.37. The van der Waals surface area contributed by atoms with Crippen molar-refractivity contribution in [3.8, 4) is 0 Å². The van der Waals surface area contributed by atoms with Crippen LogP contribution in [0.5, 0.6) is 0 Å². The number of benzene rings is 2. The van der Waals surface area contributed by atoms with Gasteiger partial charge in [-0.15, -0.1) is 0 Å². The Kier molecular flexibility index (Phi) is 8.40. The lowest BCUT2D eigenvalue weighted by atomic mass is 10.0. The number of amides is 2. The maximum atomic E-state index is 13.0. The van der Waals surface area contributed by atoms with Crippen molar-refractivity contribution >= 4 is 23.4 Å². The van der Waals surface area contributed by atoms with Crippen LogP contribution < -0.4 is 10.6 Å². The predicted octanol–water partition coefficient (Wildman–Crippen LogP) is 5.11. The van der Waals surface area contributed by atoms with Crippen LogP contribution in [0.4, 0.5) is 0 Å². The van der Waals surface area contributed by atoms with Crippen LogP contribution in [0.25, 0.3) is 0 Å². The number of halogens is 1. The van der Waals surface area contributed by atoms with Crippen LogP contribution in [0.1, 0.15) is 73.3 Å². The first-order valence-electron chi connectivity index (χ1n) is 12.2. The number of hydrogen-bond donors (Lipinski definition) is 2. The molecule has 6 heteroatoms. The Labute approximate surface area is 201 Å². The summed E-state index contributed by atoms with van der Waals surface area (Å²) >= 11 is 6.21. The molecule has 1 saturated carbocycles. The number of rotatable bonds is 7. The standard InChI is InChI=1S/C27H34ClN3O2/c28-24-15-9-8-14-23(24)27(33)30-25(20-10-4-3-5-11-20)18-26(32)29-21-16-17-31(19-21)22-12-6-1-2-7-13-22/h3-5,8-11,14-15,21-22,25H,1-2,6-7,12-13,16-19H2,(H,29,32)(H,30,33)/t21-,25-/m0/s1. The minimum Gasteiger partial charge on any atom is -0.352 e. The van der Waals surface area contributed by atoms with E-state index in [1.165, 1.54) is 38.5 Å². The molecule has 1 heterocycles. The predicted molar refractivity (Wildman–Crippen MR) is 132 cm³/mol. The molecule has 33 heavy (non-hydrogen) atoms. The van der Waals surface area contributed by atoms with Gasteiger partial charge in [0.05, 0.1) is 23.0 Å². The van der Waals surface area contributed by atoms with Crippen LogP contribution in [0, 0.1) is 0 Å². The molecule has 0 bridgehead atoms. The molecule has 2 aliphatic rings. The van der Waals surface area contributed by atoms with Crippen LogP contribution in [-0.2, 0) is 4.79 Å². The maximum absolute atomic E-state index is 13.0. The molecule has 176 valence electrons. The number of nitrogens with zero attached hydrogens (tertiary/aromatic N) is 1. The van der Waals surface area contributed by atoms with Gasteiger partial charge in [-0.2, -0.15) is 0 Å². The Morgan fingerprint density at radius 2 is 1.64 bits per heavy atom. The van der Waals surface area contributed by atoms with Crippen molar-refractivity contribution in [3.05, 3.63) is 70.7 Å². The first kappa shape index (κ1) is 23.8. The molecule has 2 atom stereocenters. The third-order valence-electron chi connectivity index (χ3n) is 6.94. The second-order valence-corrected chi connectivity index (χ2v) is 9.72. The molecule has 4 rings (SSSR count). The van der Waals surface area contributed by atoms with Crippen molar-refractivity contribution in [1.82, 2.24) is 15.5 Å². The highest BCUT2D eigenvalue weighted by Crippen LogP contribution is 2.25. The molecule has 2 fully saturated rings. The molecular formula is C27H34ClN3O2. The van der Waals surface area contributed by atoms with Crippen LogP contribution >= 0.6 is 11.6 Å². The second-order valence-electron chi connectivity index (χ2n) is 9.31. The van der Waals surface area contributed by atoms with Gasteiger partial charge in [-0.3, -0.25) is 14.5 Å². The van der Waals surface area contributed by atoms with Gasteiger partial charge in [0.2, 0.25) is 5.91 Å². The molecule has 0 radical (unpaired) electrons. The quantitative estimate of drug-likeness (QED) is 0.556. The fraction of sp³-hybridized carbons (Fsp3) is 0.481. The fourth-order valence-corrected chi connectivity index (χ4v) is 5.37. The fourth-order valence-electron chi connectivity index (χ4n) is 5.15. The molecule has 1 saturated heterocycles. The van der Waals surface area contributed by atoms with E-state index in [4.69, 9.17) is 11.6 Å². The molecule has 2 N–H and O–H groups in total. The summed E-state index contributed by atoms with van der Waals surface area (Å²) in [7, 11) is 0. The van der Waals surface area contributed by atoms with E-state index in [-0.39, 0.29) is 24.3 Å². The van der Waals surface area contributed by atoms with Crippen LogP contribution in [0.15, 0.2) is 54.6 Å². The molecular weight excluding hydrogens is 434 g/mol.